The molecule has 1 aromatic carbocycles. The number of piperidine rings is 1. The van der Waals surface area contributed by atoms with E-state index in [0.29, 0.717) is 6.54 Å². The third kappa shape index (κ3) is 3.47. The molecule has 5 heteroatoms. The van der Waals surface area contributed by atoms with Crippen molar-refractivity contribution in [2.75, 3.05) is 13.7 Å². The Bertz CT molecular complexity index is 769. The van der Waals surface area contributed by atoms with Gasteiger partial charge in [0.2, 0.25) is 0 Å². The van der Waals surface area contributed by atoms with Gasteiger partial charge in [-0.2, -0.15) is 0 Å². The summed E-state index contributed by atoms with van der Waals surface area (Å²) in [7, 11) is 1.66. The predicted octanol–water partition coefficient (Wildman–Crippen LogP) is 4.46. The second-order valence-corrected chi connectivity index (χ2v) is 7.49. The number of methoxy groups -OCH3 is 1. The summed E-state index contributed by atoms with van der Waals surface area (Å²) in [5.74, 6) is 0. The maximum atomic E-state index is 12.8. The summed E-state index contributed by atoms with van der Waals surface area (Å²) < 4.78 is 11.6. The molecule has 134 valence electrons. The highest BCUT2D eigenvalue weighted by Crippen LogP contribution is 2.40. The fourth-order valence-electron chi connectivity index (χ4n) is 3.45. The van der Waals surface area contributed by atoms with E-state index in [2.05, 4.69) is 4.98 Å². The molecule has 5 nitrogen and oxygen atoms in total. The van der Waals surface area contributed by atoms with E-state index in [4.69, 9.17) is 9.47 Å². The van der Waals surface area contributed by atoms with Gasteiger partial charge in [0.25, 0.3) is 0 Å². The van der Waals surface area contributed by atoms with Crippen molar-refractivity contribution in [2.45, 2.75) is 51.4 Å². The van der Waals surface area contributed by atoms with Gasteiger partial charge in [-0.15, -0.1) is 0 Å². The molecule has 1 saturated heterocycles. The maximum Gasteiger partial charge on any atom is 0.412 e. The molecular weight excluding hydrogens is 316 g/mol. The molecule has 2 aromatic rings. The second kappa shape index (κ2) is 6.64. The van der Waals surface area contributed by atoms with Gasteiger partial charge in [0.05, 0.1) is 5.52 Å². The topological polar surface area (TPSA) is 51.7 Å². The lowest BCUT2D eigenvalue weighted by Gasteiger charge is -2.46. The van der Waals surface area contributed by atoms with Crippen LogP contribution in [0.2, 0.25) is 0 Å². The third-order valence-electron chi connectivity index (χ3n) is 4.59. The van der Waals surface area contributed by atoms with Crippen LogP contribution < -0.4 is 0 Å². The van der Waals surface area contributed by atoms with E-state index in [9.17, 15) is 4.79 Å². The quantitative estimate of drug-likeness (QED) is 0.809. The zero-order chi connectivity index (χ0) is 18.1. The molecule has 0 aliphatic carbocycles. The molecule has 1 unspecified atom stereocenters. The molecule has 25 heavy (non-hydrogen) atoms. The number of nitrogens with zero attached hydrogens (tertiary/aromatic N) is 2. The monoisotopic (exact) mass is 342 g/mol. The van der Waals surface area contributed by atoms with Crippen molar-refractivity contribution in [3.63, 3.8) is 0 Å². The van der Waals surface area contributed by atoms with Crippen molar-refractivity contribution < 1.29 is 14.3 Å². The Balaban J connectivity index is 2.03. The molecular formula is C20H26N2O3. The van der Waals surface area contributed by atoms with Crippen molar-refractivity contribution >= 4 is 17.0 Å². The molecule has 1 aliphatic heterocycles. The van der Waals surface area contributed by atoms with Gasteiger partial charge in [0, 0.05) is 37.2 Å². The average molecular weight is 342 g/mol. The molecule has 3 rings (SSSR count). The minimum atomic E-state index is -0.813. The molecule has 1 aromatic heterocycles. The number of rotatable bonds is 2. The summed E-state index contributed by atoms with van der Waals surface area (Å²) in [5, 5.41) is 1.07. The van der Waals surface area contributed by atoms with Crippen molar-refractivity contribution in [1.82, 2.24) is 9.88 Å². The van der Waals surface area contributed by atoms with E-state index in [1.165, 1.54) is 0 Å². The first-order chi connectivity index (χ1) is 11.9. The first-order valence-corrected chi connectivity index (χ1v) is 8.77. The van der Waals surface area contributed by atoms with Crippen LogP contribution in [0.5, 0.6) is 0 Å². The van der Waals surface area contributed by atoms with Gasteiger partial charge in [-0.3, -0.25) is 9.88 Å². The molecule has 0 saturated carbocycles. The highest BCUT2D eigenvalue weighted by atomic mass is 16.6. The number of hydrogen-bond donors (Lipinski definition) is 0. The molecule has 1 atom stereocenters. The Morgan fingerprint density at radius 1 is 1.24 bits per heavy atom. The normalized spacial score (nSPS) is 21.4. The Kier molecular flexibility index (Phi) is 4.69. The lowest BCUT2D eigenvalue weighted by molar-refractivity contribution is -0.156. The number of amides is 1. The number of pyridine rings is 1. The number of carbonyl (C=O) groups excluding carboxylic acids is 1. The highest BCUT2D eigenvalue weighted by Gasteiger charge is 2.45. The van der Waals surface area contributed by atoms with Crippen LogP contribution >= 0.6 is 0 Å². The molecule has 0 bridgehead atoms. The van der Waals surface area contributed by atoms with E-state index >= 15 is 0 Å². The van der Waals surface area contributed by atoms with E-state index in [1.54, 1.807) is 18.2 Å². The molecule has 1 amide bonds. The highest BCUT2D eigenvalue weighted by molar-refractivity contribution is 5.79. The summed E-state index contributed by atoms with van der Waals surface area (Å²) in [6, 6.07) is 10.0. The van der Waals surface area contributed by atoms with Gasteiger partial charge in [-0.05, 0) is 45.7 Å². The van der Waals surface area contributed by atoms with Gasteiger partial charge in [-0.1, -0.05) is 18.2 Å². The van der Waals surface area contributed by atoms with Gasteiger partial charge in [-0.25, -0.2) is 4.79 Å². The molecule has 1 aliphatic rings. The smallest absolute Gasteiger partial charge is 0.412 e. The Morgan fingerprint density at radius 3 is 2.76 bits per heavy atom. The molecule has 0 N–H and O–H groups in total. The standard InChI is InChI=1S/C20H26N2O3/c1-19(2,3)25-18(23)22-13-6-5-11-20(22,24-4)16-10-9-15-8-7-12-21-17(15)14-16/h7-10,12,14H,5-6,11,13H2,1-4H3. The van der Waals surface area contributed by atoms with Crippen LogP contribution in [-0.2, 0) is 15.2 Å². The lowest BCUT2D eigenvalue weighted by atomic mass is 9.90. The summed E-state index contributed by atoms with van der Waals surface area (Å²) in [6.45, 7) is 6.25. The molecule has 1 fully saturated rings. The fraction of sp³-hybridized carbons (Fsp3) is 0.500. The minimum Gasteiger partial charge on any atom is -0.444 e. The second-order valence-electron chi connectivity index (χ2n) is 7.49. The number of likely N-dealkylation sites (tertiary alicyclic amines) is 1. The van der Waals surface area contributed by atoms with Crippen LogP contribution in [0.15, 0.2) is 36.5 Å². The predicted molar refractivity (Wildman–Crippen MR) is 97.2 cm³/mol. The zero-order valence-corrected chi connectivity index (χ0v) is 15.4. The fourth-order valence-corrected chi connectivity index (χ4v) is 3.45. The van der Waals surface area contributed by atoms with Gasteiger partial charge < -0.3 is 9.47 Å². The number of benzene rings is 1. The van der Waals surface area contributed by atoms with Crippen molar-refractivity contribution in [3.05, 3.63) is 42.1 Å². The van der Waals surface area contributed by atoms with Crippen LogP contribution in [0, 0.1) is 0 Å². The first-order valence-electron chi connectivity index (χ1n) is 8.77. The summed E-state index contributed by atoms with van der Waals surface area (Å²) in [4.78, 5) is 19.0. The summed E-state index contributed by atoms with van der Waals surface area (Å²) in [5.41, 5.74) is 0.475. The van der Waals surface area contributed by atoms with Gasteiger partial charge in [0.15, 0.2) is 5.72 Å². The zero-order valence-electron chi connectivity index (χ0n) is 15.4. The van der Waals surface area contributed by atoms with E-state index < -0.39 is 11.3 Å². The van der Waals surface area contributed by atoms with Crippen molar-refractivity contribution in [3.8, 4) is 0 Å². The van der Waals surface area contributed by atoms with E-state index in [1.807, 2.05) is 51.1 Å². The number of fused-ring (bicyclic) bond motifs is 1. The number of aromatic nitrogens is 1. The first kappa shape index (κ1) is 17.7. The average Bonchev–Trinajstić information content (AvgIpc) is 2.59. The van der Waals surface area contributed by atoms with Crippen molar-refractivity contribution in [2.24, 2.45) is 0 Å². The van der Waals surface area contributed by atoms with E-state index in [-0.39, 0.29) is 6.09 Å². The lowest BCUT2D eigenvalue weighted by Crippen LogP contribution is -2.54. The van der Waals surface area contributed by atoms with Crippen LogP contribution in [0.1, 0.15) is 45.6 Å². The van der Waals surface area contributed by atoms with E-state index in [0.717, 1.165) is 35.7 Å². The van der Waals surface area contributed by atoms with Crippen LogP contribution in [0.25, 0.3) is 10.9 Å². The van der Waals surface area contributed by atoms with Crippen molar-refractivity contribution in [1.29, 1.82) is 0 Å². The number of ether oxygens (including phenoxy) is 2. The largest absolute Gasteiger partial charge is 0.444 e. The maximum absolute atomic E-state index is 12.8. The minimum absolute atomic E-state index is 0.338. The Labute approximate surface area is 148 Å². The third-order valence-corrected chi connectivity index (χ3v) is 4.59. The Hall–Kier alpha value is -2.14. The van der Waals surface area contributed by atoms with Crippen LogP contribution in [0.3, 0.4) is 0 Å². The summed E-state index contributed by atoms with van der Waals surface area (Å²) in [6.07, 6.45) is 4.11. The molecule has 0 spiro atoms. The SMILES string of the molecule is COC1(c2ccc3cccnc3c2)CCCCN1C(=O)OC(C)(C)C. The van der Waals surface area contributed by atoms with Gasteiger partial charge in [0.1, 0.15) is 5.60 Å². The van der Waals surface area contributed by atoms with Crippen LogP contribution in [-0.4, -0.2) is 35.2 Å². The number of carbonyl (C=O) groups is 1. The van der Waals surface area contributed by atoms with Crippen LogP contribution in [0.4, 0.5) is 4.79 Å². The molecule has 2 heterocycles. The Morgan fingerprint density at radius 2 is 2.04 bits per heavy atom. The summed E-state index contributed by atoms with van der Waals surface area (Å²) >= 11 is 0. The number of hydrogen-bond acceptors (Lipinski definition) is 4. The molecule has 0 radical (unpaired) electrons. The van der Waals surface area contributed by atoms with Gasteiger partial charge >= 0.3 is 6.09 Å².